The van der Waals surface area contributed by atoms with Crippen molar-refractivity contribution in [3.05, 3.63) is 82.2 Å². The molecule has 0 radical (unpaired) electrons. The Labute approximate surface area is 231 Å². The Balaban J connectivity index is 1.62. The number of benzene rings is 3. The van der Waals surface area contributed by atoms with Gasteiger partial charge in [0.25, 0.3) is 5.76 Å². The summed E-state index contributed by atoms with van der Waals surface area (Å²) in [5.74, 6) is -2.19. The Morgan fingerprint density at radius 1 is 0.780 bits per heavy atom. The van der Waals surface area contributed by atoms with Crippen LogP contribution in [-0.2, 0) is 11.0 Å². The molecule has 0 aliphatic rings. The third-order valence-electron chi connectivity index (χ3n) is 5.68. The zero-order chi connectivity index (χ0) is 29.7. The van der Waals surface area contributed by atoms with Gasteiger partial charge in [-0.15, -0.1) is 0 Å². The molecule has 12 heteroatoms. The van der Waals surface area contributed by atoms with Crippen molar-refractivity contribution in [2.24, 2.45) is 0 Å². The van der Waals surface area contributed by atoms with Crippen LogP contribution in [0, 0.1) is 0 Å². The molecule has 0 amide bonds. The molecule has 0 aliphatic carbocycles. The van der Waals surface area contributed by atoms with E-state index in [0.29, 0.717) is 28.6 Å². The van der Waals surface area contributed by atoms with Crippen LogP contribution in [0.4, 0.5) is 13.2 Å². The maximum Gasteiger partial charge on any atom is 0.453 e. The van der Waals surface area contributed by atoms with Gasteiger partial charge in [0.1, 0.15) is 22.8 Å². The molecule has 0 atom stereocenters. The molecule has 4 aromatic rings. The molecule has 0 N–H and O–H groups in total. The Morgan fingerprint density at radius 3 is 1.95 bits per heavy atom. The largest absolute Gasteiger partial charge is 0.497 e. The van der Waals surface area contributed by atoms with Crippen molar-refractivity contribution in [2.45, 2.75) is 6.18 Å². The highest BCUT2D eigenvalue weighted by molar-refractivity contribution is 5.90. The second-order valence-corrected chi connectivity index (χ2v) is 8.24. The van der Waals surface area contributed by atoms with E-state index in [0.717, 1.165) is 12.1 Å². The molecule has 0 aliphatic heterocycles. The van der Waals surface area contributed by atoms with Gasteiger partial charge < -0.3 is 32.8 Å². The van der Waals surface area contributed by atoms with Gasteiger partial charge >= 0.3 is 12.1 Å². The number of halogens is 3. The number of hydrogen-bond acceptors (Lipinski definition) is 9. The Morgan fingerprint density at radius 2 is 1.39 bits per heavy atom. The van der Waals surface area contributed by atoms with Gasteiger partial charge in [-0.2, -0.15) is 13.2 Å². The van der Waals surface area contributed by atoms with Gasteiger partial charge in [-0.1, -0.05) is 0 Å². The third-order valence-corrected chi connectivity index (χ3v) is 5.68. The highest BCUT2D eigenvalue weighted by Crippen LogP contribution is 2.40. The number of fused-ring (bicyclic) bond motifs is 1. The van der Waals surface area contributed by atoms with Gasteiger partial charge in [-0.05, 0) is 60.2 Å². The first kappa shape index (κ1) is 28.9. The fraction of sp³-hybridized carbons (Fsp3) is 0.172. The van der Waals surface area contributed by atoms with E-state index in [1.54, 1.807) is 12.1 Å². The number of carbonyl (C=O) groups is 1. The van der Waals surface area contributed by atoms with Gasteiger partial charge in [0.05, 0.1) is 33.8 Å². The van der Waals surface area contributed by atoms with E-state index in [-0.39, 0.29) is 16.9 Å². The molecule has 214 valence electrons. The van der Waals surface area contributed by atoms with Gasteiger partial charge in [0, 0.05) is 12.1 Å². The summed E-state index contributed by atoms with van der Waals surface area (Å²) in [5.41, 5.74) is -1.00. The molecule has 4 rings (SSSR count). The first-order valence-corrected chi connectivity index (χ1v) is 11.8. The fourth-order valence-electron chi connectivity index (χ4n) is 3.77. The molecule has 41 heavy (non-hydrogen) atoms. The van der Waals surface area contributed by atoms with Crippen LogP contribution in [0.15, 0.2) is 69.9 Å². The molecule has 0 unspecified atom stereocenters. The lowest BCUT2D eigenvalue weighted by molar-refractivity contribution is -0.154. The van der Waals surface area contributed by atoms with E-state index in [1.165, 1.54) is 70.9 Å². The summed E-state index contributed by atoms with van der Waals surface area (Å²) in [6.07, 6.45) is -2.56. The van der Waals surface area contributed by atoms with E-state index in [9.17, 15) is 22.8 Å². The number of esters is 1. The van der Waals surface area contributed by atoms with Crippen LogP contribution >= 0.6 is 0 Å². The predicted molar refractivity (Wildman–Crippen MR) is 141 cm³/mol. The zero-order valence-electron chi connectivity index (χ0n) is 22.2. The summed E-state index contributed by atoms with van der Waals surface area (Å²) in [7, 11) is 5.75. The topological polar surface area (TPSA) is 103 Å². The Kier molecular flexibility index (Phi) is 8.41. The van der Waals surface area contributed by atoms with E-state index in [2.05, 4.69) is 0 Å². The average molecular weight is 572 g/mol. The first-order chi connectivity index (χ1) is 19.6. The molecule has 3 aromatic carbocycles. The molecule has 0 fully saturated rings. The van der Waals surface area contributed by atoms with Crippen LogP contribution in [0.1, 0.15) is 11.3 Å². The number of hydrogen-bond donors (Lipinski definition) is 0. The molecular weight excluding hydrogens is 549 g/mol. The SMILES string of the molecule is COc1ccc(Oc2c(C(F)(F)F)oc3cc(OC(=O)C=Cc4cc(OC)c(OC)c(OC)c4)ccc3c2=O)cc1. The molecule has 0 bridgehead atoms. The van der Waals surface area contributed by atoms with Crippen LogP contribution in [0.5, 0.6) is 40.2 Å². The minimum Gasteiger partial charge on any atom is -0.497 e. The fourth-order valence-corrected chi connectivity index (χ4v) is 3.77. The monoisotopic (exact) mass is 572 g/mol. The lowest BCUT2D eigenvalue weighted by atomic mass is 10.1. The molecule has 0 saturated heterocycles. The molecule has 1 heterocycles. The summed E-state index contributed by atoms with van der Waals surface area (Å²) < 4.78 is 77.9. The van der Waals surface area contributed by atoms with Gasteiger partial charge in [0.15, 0.2) is 11.5 Å². The molecular formula is C29H23F3O9. The van der Waals surface area contributed by atoms with Gasteiger partial charge in [0.2, 0.25) is 16.9 Å². The molecule has 0 saturated carbocycles. The average Bonchev–Trinajstić information content (AvgIpc) is 2.96. The Bertz CT molecular complexity index is 1630. The number of alkyl halides is 3. The number of methoxy groups -OCH3 is 4. The normalized spacial score (nSPS) is 11.4. The van der Waals surface area contributed by atoms with E-state index in [1.807, 2.05) is 0 Å². The summed E-state index contributed by atoms with van der Waals surface area (Å²) in [6, 6.07) is 12.2. The molecule has 1 aromatic heterocycles. The second kappa shape index (κ2) is 11.9. The highest BCUT2D eigenvalue weighted by atomic mass is 19.4. The summed E-state index contributed by atoms with van der Waals surface area (Å²) >= 11 is 0. The minimum absolute atomic E-state index is 0.0348. The van der Waals surface area contributed by atoms with Crippen LogP contribution < -0.4 is 33.8 Å². The maximum atomic E-state index is 13.9. The van der Waals surface area contributed by atoms with Crippen molar-refractivity contribution in [3.8, 4) is 40.2 Å². The van der Waals surface area contributed by atoms with Crippen molar-refractivity contribution in [2.75, 3.05) is 28.4 Å². The molecule has 0 spiro atoms. The summed E-state index contributed by atoms with van der Waals surface area (Å²) in [6.45, 7) is 0. The number of rotatable bonds is 9. The van der Waals surface area contributed by atoms with Crippen LogP contribution in [0.25, 0.3) is 17.0 Å². The first-order valence-electron chi connectivity index (χ1n) is 11.8. The van der Waals surface area contributed by atoms with E-state index in [4.69, 9.17) is 32.8 Å². The highest BCUT2D eigenvalue weighted by Gasteiger charge is 2.40. The van der Waals surface area contributed by atoms with Gasteiger partial charge in [-0.25, -0.2) is 4.79 Å². The smallest absolute Gasteiger partial charge is 0.453 e. The minimum atomic E-state index is -5.06. The predicted octanol–water partition coefficient (Wildman–Crippen LogP) is 6.26. The van der Waals surface area contributed by atoms with Crippen LogP contribution in [0.3, 0.4) is 0 Å². The second-order valence-electron chi connectivity index (χ2n) is 8.24. The molecule has 9 nitrogen and oxygen atoms in total. The Hall–Kier alpha value is -5.13. The number of ether oxygens (including phenoxy) is 6. The van der Waals surface area contributed by atoms with Crippen molar-refractivity contribution >= 4 is 23.0 Å². The van der Waals surface area contributed by atoms with Crippen molar-refractivity contribution in [1.82, 2.24) is 0 Å². The van der Waals surface area contributed by atoms with Gasteiger partial charge in [-0.3, -0.25) is 4.79 Å². The third kappa shape index (κ3) is 6.38. The summed E-state index contributed by atoms with van der Waals surface area (Å²) in [4.78, 5) is 25.5. The lowest BCUT2D eigenvalue weighted by Crippen LogP contribution is -2.15. The van der Waals surface area contributed by atoms with E-state index >= 15 is 0 Å². The van der Waals surface area contributed by atoms with Crippen molar-refractivity contribution < 1.29 is 50.8 Å². The van der Waals surface area contributed by atoms with Crippen LogP contribution in [-0.4, -0.2) is 34.4 Å². The quantitative estimate of drug-likeness (QED) is 0.131. The maximum absolute atomic E-state index is 13.9. The van der Waals surface area contributed by atoms with E-state index < -0.39 is 34.7 Å². The lowest BCUT2D eigenvalue weighted by Gasteiger charge is -2.14. The van der Waals surface area contributed by atoms with Crippen molar-refractivity contribution in [3.63, 3.8) is 0 Å². The number of carbonyl (C=O) groups excluding carboxylic acids is 1. The van der Waals surface area contributed by atoms with Crippen molar-refractivity contribution in [1.29, 1.82) is 0 Å². The van der Waals surface area contributed by atoms with Crippen LogP contribution in [0.2, 0.25) is 0 Å². The summed E-state index contributed by atoms with van der Waals surface area (Å²) in [5, 5.41) is -0.214. The zero-order valence-corrected chi connectivity index (χ0v) is 22.2. The standard InChI is InChI=1S/C29H23F3O9/c1-35-17-6-8-18(9-7-17)40-27-25(34)20-11-10-19(15-21(20)41-28(27)29(30,31)32)39-24(33)12-5-16-13-22(36-2)26(38-4)23(14-16)37-3/h5-15H,1-4H3.